The van der Waals surface area contributed by atoms with Gasteiger partial charge in [-0.1, -0.05) is 23.3 Å². The lowest BCUT2D eigenvalue weighted by Gasteiger charge is -2.46. The lowest BCUT2D eigenvalue weighted by molar-refractivity contribution is 0.851. The van der Waals surface area contributed by atoms with E-state index in [1.807, 2.05) is 0 Å². The van der Waals surface area contributed by atoms with Crippen LogP contribution in [0.2, 0.25) is 0 Å². The predicted molar refractivity (Wildman–Crippen MR) is 253 cm³/mol. The molecule has 0 fully saturated rings. The van der Waals surface area contributed by atoms with Crippen LogP contribution < -0.4 is 59.7 Å². The molecular formula is C45H73N9Si. The summed E-state index contributed by atoms with van der Waals surface area (Å²) in [5, 5.41) is 5.73. The molecule has 10 heteroatoms. The fraction of sp³-hybridized carbons (Fsp3) is 0.511. The highest BCUT2D eigenvalue weighted by Gasteiger charge is 2.54. The summed E-state index contributed by atoms with van der Waals surface area (Å²) in [6.07, 6.45) is 0. The van der Waals surface area contributed by atoms with E-state index in [0.29, 0.717) is 0 Å². The smallest absolute Gasteiger partial charge is 0.183 e. The lowest BCUT2D eigenvalue weighted by Crippen LogP contribution is -2.71. The summed E-state index contributed by atoms with van der Waals surface area (Å²) in [6, 6.07) is 14.8. The first-order chi connectivity index (χ1) is 25.4. The maximum absolute atomic E-state index is 3.43. The number of allylic oxidation sites excluding steroid dienone is 4. The van der Waals surface area contributed by atoms with Gasteiger partial charge in [-0.05, 0) is 84.2 Å². The Morgan fingerprint density at radius 3 is 0.818 bits per heavy atom. The number of nitrogens with zero attached hydrogens (tertiary/aromatic N) is 9. The largest absolute Gasteiger partial charge is 0.378 e. The van der Waals surface area contributed by atoms with E-state index in [0.717, 1.165) is 0 Å². The van der Waals surface area contributed by atoms with Crippen molar-refractivity contribution in [3.05, 3.63) is 58.3 Å². The molecular weight excluding hydrogens is 695 g/mol. The molecule has 55 heavy (non-hydrogen) atoms. The number of hydrogen-bond acceptors (Lipinski definition) is 9. The molecule has 1 unspecified atom stereocenters. The summed E-state index contributed by atoms with van der Waals surface area (Å²) in [4.78, 5) is 20.9. The average Bonchev–Trinajstić information content (AvgIpc) is 3.28. The van der Waals surface area contributed by atoms with Gasteiger partial charge in [0.05, 0.1) is 34.1 Å². The molecule has 0 saturated carbocycles. The first kappa shape index (κ1) is 43.3. The lowest BCUT2D eigenvalue weighted by atomic mass is 10.1. The quantitative estimate of drug-likeness (QED) is 0.163. The number of benzene rings is 3. The van der Waals surface area contributed by atoms with Crippen LogP contribution in [-0.4, -0.2) is 135 Å². The van der Waals surface area contributed by atoms with Crippen molar-refractivity contribution in [1.82, 2.24) is 0 Å². The van der Waals surface area contributed by atoms with Gasteiger partial charge in [-0.15, -0.1) is 0 Å². The zero-order valence-electron chi connectivity index (χ0n) is 38.6. The van der Waals surface area contributed by atoms with Gasteiger partial charge in [-0.2, -0.15) is 0 Å². The van der Waals surface area contributed by atoms with E-state index >= 15 is 0 Å². The van der Waals surface area contributed by atoms with E-state index in [2.05, 4.69) is 235 Å². The fourth-order valence-electron chi connectivity index (χ4n) is 8.72. The van der Waals surface area contributed by atoms with Gasteiger partial charge < -0.3 is 44.1 Å². The van der Waals surface area contributed by atoms with Crippen LogP contribution in [0.1, 0.15) is 27.7 Å². The highest BCUT2D eigenvalue weighted by molar-refractivity contribution is 7.18. The van der Waals surface area contributed by atoms with E-state index in [1.54, 1.807) is 5.20 Å². The van der Waals surface area contributed by atoms with E-state index < -0.39 is 8.07 Å². The molecule has 0 amide bonds. The molecule has 1 aliphatic rings. The van der Waals surface area contributed by atoms with E-state index in [4.69, 9.17) is 0 Å². The normalized spacial score (nSPS) is 14.4. The van der Waals surface area contributed by atoms with E-state index in [-0.39, 0.29) is 5.92 Å². The Balaban J connectivity index is 2.72. The van der Waals surface area contributed by atoms with Crippen LogP contribution in [0.15, 0.2) is 58.3 Å². The Morgan fingerprint density at radius 1 is 0.364 bits per heavy atom. The van der Waals surface area contributed by atoms with Crippen molar-refractivity contribution in [1.29, 1.82) is 0 Å². The van der Waals surface area contributed by atoms with Crippen molar-refractivity contribution >= 4 is 74.8 Å². The molecule has 0 heterocycles. The molecule has 0 spiro atoms. The van der Waals surface area contributed by atoms with Gasteiger partial charge in [0.2, 0.25) is 0 Å². The van der Waals surface area contributed by atoms with Gasteiger partial charge in [0.15, 0.2) is 8.07 Å². The van der Waals surface area contributed by atoms with Crippen molar-refractivity contribution in [2.24, 2.45) is 5.92 Å². The van der Waals surface area contributed by atoms with Gasteiger partial charge in [-0.25, -0.2) is 0 Å². The van der Waals surface area contributed by atoms with Crippen molar-refractivity contribution in [2.75, 3.05) is 171 Å². The van der Waals surface area contributed by atoms with Crippen molar-refractivity contribution < 1.29 is 0 Å². The summed E-state index contributed by atoms with van der Waals surface area (Å²) < 4.78 is 0. The summed E-state index contributed by atoms with van der Waals surface area (Å²) >= 11 is 0. The second kappa shape index (κ2) is 16.0. The number of hydrogen-bond donors (Lipinski definition) is 0. The maximum atomic E-state index is 2.55. The molecule has 4 rings (SSSR count). The molecule has 3 aromatic carbocycles. The third-order valence-electron chi connectivity index (χ3n) is 11.8. The van der Waals surface area contributed by atoms with Gasteiger partial charge in [-0.3, -0.25) is 0 Å². The Kier molecular flexibility index (Phi) is 12.6. The maximum Gasteiger partial charge on any atom is 0.183 e. The molecule has 0 aliphatic heterocycles. The molecule has 3 aromatic rings. The second-order valence-electron chi connectivity index (χ2n) is 17.5. The second-order valence-corrected chi connectivity index (χ2v) is 21.1. The average molecular weight is 768 g/mol. The highest BCUT2D eigenvalue weighted by atomic mass is 28.3. The van der Waals surface area contributed by atoms with Crippen LogP contribution >= 0.6 is 0 Å². The standard InChI is InChI=1S/C45H73N9Si/c1-29-30(2)32(4)45(31(29)3)55(39-26-33(46(5)6)23-36(49(11)12)42(39)52(17)18,40-27-34(47(7)8)24-37(50(13)14)43(40)53(19)20)41-28-35(48(9)10)25-38(51(15)16)44(41)54(21)22/h23-28,31H,1-22H3. The summed E-state index contributed by atoms with van der Waals surface area (Å²) in [5.74, 6) is 0.217. The fourth-order valence-corrected chi connectivity index (χ4v) is 15.3. The third kappa shape index (κ3) is 7.34. The van der Waals surface area contributed by atoms with Crippen molar-refractivity contribution in [3.8, 4) is 0 Å². The Hall–Kier alpha value is -4.44. The van der Waals surface area contributed by atoms with E-state index in [1.165, 1.54) is 83.5 Å². The van der Waals surface area contributed by atoms with Crippen LogP contribution in [-0.2, 0) is 0 Å². The molecule has 0 radical (unpaired) electrons. The number of rotatable bonds is 13. The van der Waals surface area contributed by atoms with Crippen LogP contribution in [0.3, 0.4) is 0 Å². The molecule has 0 saturated heterocycles. The Bertz CT molecular complexity index is 1780. The topological polar surface area (TPSA) is 29.2 Å². The van der Waals surface area contributed by atoms with Crippen LogP contribution in [0, 0.1) is 5.92 Å². The van der Waals surface area contributed by atoms with Gasteiger partial charge in [0, 0.05) is 144 Å². The molecule has 1 atom stereocenters. The van der Waals surface area contributed by atoms with Gasteiger partial charge in [0.1, 0.15) is 0 Å². The number of anilines is 9. The molecule has 9 nitrogen and oxygen atoms in total. The highest BCUT2D eigenvalue weighted by Crippen LogP contribution is 2.47. The van der Waals surface area contributed by atoms with Gasteiger partial charge in [0.25, 0.3) is 0 Å². The molecule has 0 aromatic heterocycles. The predicted octanol–water partition coefficient (Wildman–Crippen LogP) is 5.59. The zero-order valence-corrected chi connectivity index (χ0v) is 39.6. The van der Waals surface area contributed by atoms with Crippen molar-refractivity contribution in [3.63, 3.8) is 0 Å². The molecule has 1 aliphatic carbocycles. The van der Waals surface area contributed by atoms with Crippen LogP contribution in [0.4, 0.5) is 51.2 Å². The Labute approximate surface area is 336 Å². The summed E-state index contributed by atoms with van der Waals surface area (Å²) in [5.41, 5.74) is 15.3. The summed E-state index contributed by atoms with van der Waals surface area (Å²) in [6.45, 7) is 9.60. The summed E-state index contributed by atoms with van der Waals surface area (Å²) in [7, 11) is 36.2. The minimum Gasteiger partial charge on any atom is -0.378 e. The molecule has 0 N–H and O–H groups in total. The SMILES string of the molecule is CC1=C(C)C(C)C([Si](c2cc(N(C)C)cc(N(C)C)c2N(C)C)(c2cc(N(C)C)cc(N(C)C)c2N(C)C)c2cc(N(C)C)cc(N(C)C)c2N(C)C)=C1C. The monoisotopic (exact) mass is 768 g/mol. The minimum absolute atomic E-state index is 0.217. The molecule has 302 valence electrons. The first-order valence-electron chi connectivity index (χ1n) is 19.4. The van der Waals surface area contributed by atoms with Crippen LogP contribution in [0.5, 0.6) is 0 Å². The molecule has 0 bridgehead atoms. The van der Waals surface area contributed by atoms with Crippen LogP contribution in [0.25, 0.3) is 0 Å². The van der Waals surface area contributed by atoms with E-state index in [9.17, 15) is 0 Å². The minimum atomic E-state index is -3.43. The van der Waals surface area contributed by atoms with Gasteiger partial charge >= 0.3 is 0 Å². The third-order valence-corrected chi connectivity index (χ3v) is 17.0. The first-order valence-corrected chi connectivity index (χ1v) is 21.4. The Morgan fingerprint density at radius 2 is 0.636 bits per heavy atom. The zero-order chi connectivity index (χ0) is 41.8. The van der Waals surface area contributed by atoms with Crippen molar-refractivity contribution in [2.45, 2.75) is 27.7 Å².